The second-order valence-corrected chi connectivity index (χ2v) is 6.39. The van der Waals surface area contributed by atoms with Crippen LogP contribution in [0.15, 0.2) is 40.6 Å². The second kappa shape index (κ2) is 10.3. The number of benzene rings is 1. The van der Waals surface area contributed by atoms with Gasteiger partial charge >= 0.3 is 5.97 Å². The molecule has 0 spiro atoms. The lowest BCUT2D eigenvalue weighted by Gasteiger charge is -2.04. The van der Waals surface area contributed by atoms with Gasteiger partial charge in [-0.1, -0.05) is 11.8 Å². The minimum atomic E-state index is -0.451. The van der Waals surface area contributed by atoms with E-state index in [4.69, 9.17) is 4.74 Å². The van der Waals surface area contributed by atoms with Crippen molar-refractivity contribution in [1.29, 1.82) is 0 Å². The monoisotopic (exact) mass is 388 g/mol. The molecule has 0 aliphatic carbocycles. The maximum absolute atomic E-state index is 11.8. The van der Waals surface area contributed by atoms with Gasteiger partial charge in [0.1, 0.15) is 5.75 Å². The molecule has 2 aromatic rings. The van der Waals surface area contributed by atoms with E-state index in [-0.39, 0.29) is 18.3 Å². The Labute approximate surface area is 161 Å². The molecule has 0 radical (unpaired) electrons. The average Bonchev–Trinajstić information content (AvgIpc) is 2.64. The second-order valence-electron chi connectivity index (χ2n) is 5.45. The third kappa shape index (κ3) is 7.45. The number of nitrogens with one attached hydrogen (secondary N) is 1. The molecule has 8 nitrogen and oxygen atoms in total. The van der Waals surface area contributed by atoms with Crippen LogP contribution >= 0.6 is 11.8 Å². The smallest absolute Gasteiger partial charge is 0.343 e. The van der Waals surface area contributed by atoms with Crippen LogP contribution in [0.2, 0.25) is 0 Å². The summed E-state index contributed by atoms with van der Waals surface area (Å²) < 4.78 is 9.74. The Morgan fingerprint density at radius 2 is 1.85 bits per heavy atom. The zero-order chi connectivity index (χ0) is 19.6. The van der Waals surface area contributed by atoms with Gasteiger partial charge in [0, 0.05) is 11.4 Å². The lowest BCUT2D eigenvalue weighted by atomic mass is 10.2. The number of amides is 1. The molecule has 1 heterocycles. The number of methoxy groups -OCH3 is 1. The minimum absolute atomic E-state index is 0.151. The molecule has 0 bridgehead atoms. The third-order valence-corrected chi connectivity index (χ3v) is 4.01. The summed E-state index contributed by atoms with van der Waals surface area (Å²) in [5.74, 6) is -0.00324. The van der Waals surface area contributed by atoms with Crippen molar-refractivity contribution in [2.75, 3.05) is 19.5 Å². The van der Waals surface area contributed by atoms with Gasteiger partial charge < -0.3 is 9.47 Å². The SMILES string of the molecule is COC(=O)COc1ccc(C=NNC(=O)CSc2nc(C)cc(C)n2)cc1. The number of hydrazone groups is 1. The number of thioether (sulfide) groups is 1. The van der Waals surface area contributed by atoms with E-state index in [1.54, 1.807) is 24.3 Å². The molecule has 0 fully saturated rings. The summed E-state index contributed by atoms with van der Waals surface area (Å²) in [6.07, 6.45) is 1.51. The van der Waals surface area contributed by atoms with Gasteiger partial charge in [-0.2, -0.15) is 5.10 Å². The van der Waals surface area contributed by atoms with Gasteiger partial charge in [0.15, 0.2) is 11.8 Å². The Balaban J connectivity index is 1.77. The number of esters is 1. The highest BCUT2D eigenvalue weighted by Crippen LogP contribution is 2.13. The first-order valence-corrected chi connectivity index (χ1v) is 9.01. The van der Waals surface area contributed by atoms with Crippen molar-refractivity contribution >= 4 is 29.9 Å². The third-order valence-electron chi connectivity index (χ3n) is 3.16. The van der Waals surface area contributed by atoms with Gasteiger partial charge in [-0.25, -0.2) is 20.2 Å². The van der Waals surface area contributed by atoms with Crippen LogP contribution in [0.5, 0.6) is 5.75 Å². The Kier molecular flexibility index (Phi) is 7.75. The average molecular weight is 388 g/mol. The molecule has 2 rings (SSSR count). The van der Waals surface area contributed by atoms with Crippen LogP contribution in [0.4, 0.5) is 0 Å². The van der Waals surface area contributed by atoms with Crippen molar-refractivity contribution < 1.29 is 19.1 Å². The van der Waals surface area contributed by atoms with Gasteiger partial charge in [-0.3, -0.25) is 4.79 Å². The fourth-order valence-corrected chi connectivity index (χ4v) is 2.69. The number of nitrogens with zero attached hydrogens (tertiary/aromatic N) is 3. The van der Waals surface area contributed by atoms with Crippen molar-refractivity contribution in [2.24, 2.45) is 5.10 Å². The molecular weight excluding hydrogens is 368 g/mol. The lowest BCUT2D eigenvalue weighted by molar-refractivity contribution is -0.142. The maximum atomic E-state index is 11.8. The predicted molar refractivity (Wildman–Crippen MR) is 102 cm³/mol. The van der Waals surface area contributed by atoms with Gasteiger partial charge in [-0.15, -0.1) is 0 Å². The van der Waals surface area contributed by atoms with E-state index >= 15 is 0 Å². The van der Waals surface area contributed by atoms with Gasteiger partial charge in [0.05, 0.1) is 19.1 Å². The number of carbonyl (C=O) groups excluding carboxylic acids is 2. The van der Waals surface area contributed by atoms with Gasteiger partial charge in [-0.05, 0) is 49.7 Å². The Morgan fingerprint density at radius 1 is 1.19 bits per heavy atom. The summed E-state index contributed by atoms with van der Waals surface area (Å²) in [7, 11) is 1.30. The van der Waals surface area contributed by atoms with Crippen LogP contribution in [-0.4, -0.2) is 47.5 Å². The molecule has 0 saturated carbocycles. The molecular formula is C18H20N4O4S. The van der Waals surface area contributed by atoms with Crippen LogP contribution < -0.4 is 10.2 Å². The molecule has 1 aromatic carbocycles. The van der Waals surface area contributed by atoms with E-state index in [1.165, 1.54) is 25.1 Å². The summed E-state index contributed by atoms with van der Waals surface area (Å²) in [6, 6.07) is 8.76. The van der Waals surface area contributed by atoms with E-state index < -0.39 is 5.97 Å². The van der Waals surface area contributed by atoms with Crippen molar-refractivity contribution in [2.45, 2.75) is 19.0 Å². The summed E-state index contributed by atoms with van der Waals surface area (Å²) >= 11 is 1.25. The van der Waals surface area contributed by atoms with E-state index in [0.717, 1.165) is 17.0 Å². The van der Waals surface area contributed by atoms with Gasteiger partial charge in [0.2, 0.25) is 0 Å². The number of aromatic nitrogens is 2. The number of hydrogen-bond acceptors (Lipinski definition) is 8. The van der Waals surface area contributed by atoms with E-state index in [9.17, 15) is 9.59 Å². The van der Waals surface area contributed by atoms with Crippen LogP contribution in [0.3, 0.4) is 0 Å². The summed E-state index contributed by atoms with van der Waals surface area (Å²) in [6.45, 7) is 3.62. The molecule has 0 aliphatic rings. The molecule has 0 unspecified atom stereocenters. The number of hydrogen-bond donors (Lipinski definition) is 1. The number of aryl methyl sites for hydroxylation is 2. The van der Waals surface area contributed by atoms with E-state index in [0.29, 0.717) is 10.9 Å². The summed E-state index contributed by atoms with van der Waals surface area (Å²) in [4.78, 5) is 31.4. The minimum Gasteiger partial charge on any atom is -0.482 e. The molecule has 1 amide bonds. The molecule has 0 aliphatic heterocycles. The predicted octanol–water partition coefficient (Wildman–Crippen LogP) is 1.89. The molecule has 142 valence electrons. The zero-order valence-electron chi connectivity index (χ0n) is 15.3. The highest BCUT2D eigenvalue weighted by atomic mass is 32.2. The van der Waals surface area contributed by atoms with Crippen LogP contribution in [0.25, 0.3) is 0 Å². The lowest BCUT2D eigenvalue weighted by Crippen LogP contribution is -2.19. The fraction of sp³-hybridized carbons (Fsp3) is 0.278. The Morgan fingerprint density at radius 3 is 2.48 bits per heavy atom. The molecule has 1 N–H and O–H groups in total. The molecule has 0 saturated heterocycles. The highest BCUT2D eigenvalue weighted by Gasteiger charge is 2.05. The molecule has 27 heavy (non-hydrogen) atoms. The largest absolute Gasteiger partial charge is 0.482 e. The first kappa shape index (κ1) is 20.4. The topological polar surface area (TPSA) is 103 Å². The maximum Gasteiger partial charge on any atom is 0.343 e. The first-order chi connectivity index (χ1) is 13.0. The summed E-state index contributed by atoms with van der Waals surface area (Å²) in [5, 5.41) is 4.48. The van der Waals surface area contributed by atoms with Crippen LogP contribution in [0.1, 0.15) is 17.0 Å². The Bertz CT molecular complexity index is 804. The van der Waals surface area contributed by atoms with Gasteiger partial charge in [0.25, 0.3) is 5.91 Å². The summed E-state index contributed by atoms with van der Waals surface area (Å²) in [5.41, 5.74) is 4.95. The fourth-order valence-electron chi connectivity index (χ4n) is 1.95. The first-order valence-electron chi connectivity index (χ1n) is 8.03. The molecule has 1 aromatic heterocycles. The number of carbonyl (C=O) groups is 2. The Hall–Kier alpha value is -2.94. The van der Waals surface area contributed by atoms with Crippen LogP contribution in [-0.2, 0) is 14.3 Å². The molecule has 9 heteroatoms. The molecule has 0 atom stereocenters. The van der Waals surface area contributed by atoms with E-state index in [2.05, 4.69) is 25.2 Å². The zero-order valence-corrected chi connectivity index (χ0v) is 16.1. The van der Waals surface area contributed by atoms with Crippen LogP contribution in [0, 0.1) is 13.8 Å². The van der Waals surface area contributed by atoms with Crippen molar-refractivity contribution in [3.8, 4) is 5.75 Å². The van der Waals surface area contributed by atoms with Crippen molar-refractivity contribution in [3.63, 3.8) is 0 Å². The number of rotatable bonds is 8. The standard InChI is InChI=1S/C18H20N4O4S/c1-12-8-13(2)21-18(20-12)27-11-16(23)22-19-9-14-4-6-15(7-5-14)26-10-17(24)25-3/h4-9H,10-11H2,1-3H3,(H,22,23). The quantitative estimate of drug-likeness (QED) is 0.242. The number of ether oxygens (including phenoxy) is 2. The van der Waals surface area contributed by atoms with Crippen molar-refractivity contribution in [1.82, 2.24) is 15.4 Å². The highest BCUT2D eigenvalue weighted by molar-refractivity contribution is 7.99. The normalized spacial score (nSPS) is 10.6. The van der Waals surface area contributed by atoms with E-state index in [1.807, 2.05) is 19.9 Å². The van der Waals surface area contributed by atoms with Crippen molar-refractivity contribution in [3.05, 3.63) is 47.3 Å².